The molecule has 2 aromatic rings. The molecule has 0 radical (unpaired) electrons. The minimum absolute atomic E-state index is 0.00770. The van der Waals surface area contributed by atoms with Crippen LogP contribution in [-0.4, -0.2) is 25.4 Å². The van der Waals surface area contributed by atoms with Crippen LogP contribution in [0.15, 0.2) is 54.6 Å². The summed E-state index contributed by atoms with van der Waals surface area (Å²) >= 11 is 0. The van der Waals surface area contributed by atoms with Crippen molar-refractivity contribution in [3.8, 4) is 0 Å². The Hall–Kier alpha value is -2.62. The van der Waals surface area contributed by atoms with Crippen molar-refractivity contribution in [2.45, 2.75) is 32.6 Å². The molecule has 1 atom stereocenters. The number of para-hydroxylation sites is 1. The summed E-state index contributed by atoms with van der Waals surface area (Å²) in [7, 11) is 1.77. The maximum absolute atomic E-state index is 12.8. The van der Waals surface area contributed by atoms with Crippen molar-refractivity contribution in [3.63, 3.8) is 0 Å². The average molecular weight is 350 g/mol. The number of hydrogen-bond acceptors (Lipinski definition) is 2. The first-order valence-electron chi connectivity index (χ1n) is 9.01. The third kappa shape index (κ3) is 3.64. The highest BCUT2D eigenvalue weighted by atomic mass is 16.2. The van der Waals surface area contributed by atoms with Crippen molar-refractivity contribution in [1.29, 1.82) is 0 Å². The third-order valence-corrected chi connectivity index (χ3v) is 4.99. The molecule has 0 aliphatic carbocycles. The lowest BCUT2D eigenvalue weighted by molar-refractivity contribution is -0.124. The summed E-state index contributed by atoms with van der Waals surface area (Å²) in [5.74, 6) is -0.318. The van der Waals surface area contributed by atoms with Gasteiger partial charge in [0.2, 0.25) is 11.8 Å². The van der Waals surface area contributed by atoms with E-state index in [-0.39, 0.29) is 29.6 Å². The average Bonchev–Trinajstić information content (AvgIpc) is 3.02. The Kier molecular flexibility index (Phi) is 4.86. The quantitative estimate of drug-likeness (QED) is 0.839. The summed E-state index contributed by atoms with van der Waals surface area (Å²) in [6, 6.07) is 17.6. The van der Waals surface area contributed by atoms with Gasteiger partial charge in [0.1, 0.15) is 0 Å². The second-order valence-corrected chi connectivity index (χ2v) is 7.94. The van der Waals surface area contributed by atoms with Crippen molar-refractivity contribution in [3.05, 3.63) is 60.2 Å². The first-order chi connectivity index (χ1) is 12.3. The second kappa shape index (κ2) is 6.94. The standard InChI is InChI=1S/C22H26N2O2/c1-22(2,3)17-10-12-19(13-11-17)24-15-16(14-20(24)25)21(26)23(4)18-8-6-5-7-9-18/h5-13,16H,14-15H2,1-4H3. The lowest BCUT2D eigenvalue weighted by Crippen LogP contribution is -2.34. The van der Waals surface area contributed by atoms with Gasteiger partial charge in [-0.15, -0.1) is 0 Å². The molecule has 3 rings (SSSR count). The predicted molar refractivity (Wildman–Crippen MR) is 105 cm³/mol. The highest BCUT2D eigenvalue weighted by Gasteiger charge is 2.36. The van der Waals surface area contributed by atoms with Crippen LogP contribution in [0.1, 0.15) is 32.8 Å². The highest BCUT2D eigenvalue weighted by Crippen LogP contribution is 2.30. The normalized spacial score (nSPS) is 17.5. The number of carbonyl (C=O) groups is 2. The van der Waals surface area contributed by atoms with E-state index in [2.05, 4.69) is 32.9 Å². The van der Waals surface area contributed by atoms with Gasteiger partial charge < -0.3 is 9.80 Å². The van der Waals surface area contributed by atoms with Gasteiger partial charge in [0.15, 0.2) is 0 Å². The largest absolute Gasteiger partial charge is 0.315 e. The Balaban J connectivity index is 1.73. The molecular formula is C22H26N2O2. The first kappa shape index (κ1) is 18.2. The molecular weight excluding hydrogens is 324 g/mol. The number of benzene rings is 2. The molecule has 26 heavy (non-hydrogen) atoms. The lowest BCUT2D eigenvalue weighted by atomic mass is 9.87. The van der Waals surface area contributed by atoms with Gasteiger partial charge in [0.25, 0.3) is 0 Å². The van der Waals surface area contributed by atoms with E-state index < -0.39 is 0 Å². The number of amides is 2. The van der Waals surface area contributed by atoms with Crippen LogP contribution in [0.4, 0.5) is 11.4 Å². The van der Waals surface area contributed by atoms with E-state index in [9.17, 15) is 9.59 Å². The van der Waals surface area contributed by atoms with Crippen molar-refractivity contribution in [2.24, 2.45) is 5.92 Å². The van der Waals surface area contributed by atoms with E-state index >= 15 is 0 Å². The smallest absolute Gasteiger partial charge is 0.232 e. The molecule has 1 aliphatic heterocycles. The van der Waals surface area contributed by atoms with E-state index in [4.69, 9.17) is 0 Å². The number of rotatable bonds is 3. The van der Waals surface area contributed by atoms with E-state index in [1.54, 1.807) is 16.8 Å². The van der Waals surface area contributed by atoms with Crippen LogP contribution in [0.25, 0.3) is 0 Å². The lowest BCUT2D eigenvalue weighted by Gasteiger charge is -2.23. The summed E-state index contributed by atoms with van der Waals surface area (Å²) in [5.41, 5.74) is 3.01. The molecule has 4 heteroatoms. The van der Waals surface area contributed by atoms with Crippen LogP contribution in [-0.2, 0) is 15.0 Å². The van der Waals surface area contributed by atoms with Gasteiger partial charge in [-0.2, -0.15) is 0 Å². The number of carbonyl (C=O) groups excluding carboxylic acids is 2. The Morgan fingerprint density at radius 2 is 1.65 bits per heavy atom. The molecule has 1 saturated heterocycles. The summed E-state index contributed by atoms with van der Waals surface area (Å²) in [6.07, 6.45) is 0.261. The number of anilines is 2. The minimum atomic E-state index is -0.310. The topological polar surface area (TPSA) is 40.6 Å². The molecule has 1 unspecified atom stereocenters. The number of hydrogen-bond donors (Lipinski definition) is 0. The van der Waals surface area contributed by atoms with Crippen LogP contribution < -0.4 is 9.80 Å². The van der Waals surface area contributed by atoms with Crippen molar-refractivity contribution >= 4 is 23.2 Å². The molecule has 1 fully saturated rings. The van der Waals surface area contributed by atoms with Crippen molar-refractivity contribution in [1.82, 2.24) is 0 Å². The van der Waals surface area contributed by atoms with Gasteiger partial charge in [0, 0.05) is 31.4 Å². The van der Waals surface area contributed by atoms with Gasteiger partial charge in [-0.05, 0) is 35.2 Å². The number of nitrogens with zero attached hydrogens (tertiary/aromatic N) is 2. The van der Waals surface area contributed by atoms with Crippen molar-refractivity contribution in [2.75, 3.05) is 23.4 Å². The van der Waals surface area contributed by atoms with Gasteiger partial charge >= 0.3 is 0 Å². The third-order valence-electron chi connectivity index (χ3n) is 4.99. The fourth-order valence-electron chi connectivity index (χ4n) is 3.32. The maximum Gasteiger partial charge on any atom is 0.232 e. The zero-order chi connectivity index (χ0) is 18.9. The van der Waals surface area contributed by atoms with Crippen LogP contribution in [0.3, 0.4) is 0 Å². The molecule has 2 amide bonds. The Morgan fingerprint density at radius 1 is 1.04 bits per heavy atom. The zero-order valence-electron chi connectivity index (χ0n) is 15.9. The molecule has 0 spiro atoms. The van der Waals surface area contributed by atoms with E-state index in [0.29, 0.717) is 6.54 Å². The maximum atomic E-state index is 12.8. The van der Waals surface area contributed by atoms with Gasteiger partial charge in [-0.3, -0.25) is 9.59 Å². The predicted octanol–water partition coefficient (Wildman–Crippen LogP) is 4.00. The van der Waals surface area contributed by atoms with Gasteiger partial charge in [-0.25, -0.2) is 0 Å². The molecule has 4 nitrogen and oxygen atoms in total. The molecule has 2 aromatic carbocycles. The highest BCUT2D eigenvalue weighted by molar-refractivity contribution is 6.04. The summed E-state index contributed by atoms with van der Waals surface area (Å²) in [6.45, 7) is 6.93. The Bertz CT molecular complexity index is 791. The first-order valence-corrected chi connectivity index (χ1v) is 9.01. The fourth-order valence-corrected chi connectivity index (χ4v) is 3.32. The second-order valence-electron chi connectivity index (χ2n) is 7.94. The van der Waals surface area contributed by atoms with Crippen LogP contribution in [0.5, 0.6) is 0 Å². The molecule has 136 valence electrons. The molecule has 1 heterocycles. The Labute approximate surface area is 155 Å². The van der Waals surface area contributed by atoms with E-state index in [1.807, 2.05) is 42.5 Å². The molecule has 0 aromatic heterocycles. The van der Waals surface area contributed by atoms with Gasteiger partial charge in [0.05, 0.1) is 5.92 Å². The summed E-state index contributed by atoms with van der Waals surface area (Å²) in [4.78, 5) is 28.7. The van der Waals surface area contributed by atoms with E-state index in [1.165, 1.54) is 5.56 Å². The van der Waals surface area contributed by atoms with Crippen molar-refractivity contribution < 1.29 is 9.59 Å². The zero-order valence-corrected chi connectivity index (χ0v) is 15.9. The molecule has 0 bridgehead atoms. The van der Waals surface area contributed by atoms with Crippen LogP contribution >= 0.6 is 0 Å². The monoisotopic (exact) mass is 350 g/mol. The molecule has 0 N–H and O–H groups in total. The molecule has 1 aliphatic rings. The van der Waals surface area contributed by atoms with Crippen LogP contribution in [0, 0.1) is 5.92 Å². The summed E-state index contributed by atoms with van der Waals surface area (Å²) < 4.78 is 0. The van der Waals surface area contributed by atoms with Crippen LogP contribution in [0.2, 0.25) is 0 Å². The van der Waals surface area contributed by atoms with E-state index in [0.717, 1.165) is 11.4 Å². The SMILES string of the molecule is CN(C(=O)C1CC(=O)N(c2ccc(C(C)(C)C)cc2)C1)c1ccccc1. The minimum Gasteiger partial charge on any atom is -0.315 e. The van der Waals surface area contributed by atoms with Gasteiger partial charge in [-0.1, -0.05) is 51.1 Å². The summed E-state index contributed by atoms with van der Waals surface area (Å²) in [5, 5.41) is 0. The molecule has 0 saturated carbocycles. The Morgan fingerprint density at radius 3 is 2.23 bits per heavy atom. The fraction of sp³-hybridized carbons (Fsp3) is 0.364.